The average Bonchev–Trinajstić information content (AvgIpc) is 3.59. The smallest absolute Gasteiger partial charge is 0.252 e. The van der Waals surface area contributed by atoms with Gasteiger partial charge in [0.05, 0.1) is 36.2 Å². The van der Waals surface area contributed by atoms with Crippen molar-refractivity contribution in [3.63, 3.8) is 0 Å². The lowest BCUT2D eigenvalue weighted by molar-refractivity contribution is 0.0951. The zero-order valence-electron chi connectivity index (χ0n) is 18.0. The first-order valence-electron chi connectivity index (χ1n) is 10.6. The third-order valence-corrected chi connectivity index (χ3v) is 6.25. The van der Waals surface area contributed by atoms with E-state index in [0.717, 1.165) is 28.0 Å². The Balaban J connectivity index is 1.47. The molecule has 0 unspecified atom stereocenters. The Morgan fingerprint density at radius 1 is 1.42 bits per heavy atom. The summed E-state index contributed by atoms with van der Waals surface area (Å²) in [4.78, 5) is 22.5. The van der Waals surface area contributed by atoms with Crippen LogP contribution in [0.15, 0.2) is 36.1 Å². The SMILES string of the molecule is Cn1cc(-n2ccc3nc(Cc4cc(C(=O)NCCF)cs4)nc(O[C@H]4CCOC4)c32)cn1. The number of alkyl halides is 1. The Bertz CT molecular complexity index is 1280. The number of carbonyl (C=O) groups excluding carboxylic acids is 1. The molecule has 1 saturated heterocycles. The summed E-state index contributed by atoms with van der Waals surface area (Å²) in [6.07, 6.45) is 6.80. The molecule has 1 atom stereocenters. The minimum atomic E-state index is -0.593. The predicted octanol–water partition coefficient (Wildman–Crippen LogP) is 2.67. The number of rotatable bonds is 8. The van der Waals surface area contributed by atoms with Crippen LogP contribution in [0.4, 0.5) is 4.39 Å². The predicted molar refractivity (Wildman–Crippen MR) is 121 cm³/mol. The van der Waals surface area contributed by atoms with Crippen molar-refractivity contribution in [1.29, 1.82) is 0 Å². The second kappa shape index (κ2) is 9.28. The summed E-state index contributed by atoms with van der Waals surface area (Å²) in [6.45, 7) is 0.599. The monoisotopic (exact) mass is 470 g/mol. The van der Waals surface area contributed by atoms with Crippen molar-refractivity contribution in [3.8, 4) is 11.6 Å². The van der Waals surface area contributed by atoms with Gasteiger partial charge >= 0.3 is 0 Å². The summed E-state index contributed by atoms with van der Waals surface area (Å²) in [5.41, 5.74) is 2.93. The molecule has 0 aliphatic carbocycles. The molecule has 1 aliphatic heterocycles. The van der Waals surface area contributed by atoms with E-state index in [-0.39, 0.29) is 18.6 Å². The number of hydrogen-bond donors (Lipinski definition) is 1. The lowest BCUT2D eigenvalue weighted by Crippen LogP contribution is -2.24. The summed E-state index contributed by atoms with van der Waals surface area (Å²) in [6, 6.07) is 3.72. The number of nitrogens with one attached hydrogen (secondary N) is 1. The van der Waals surface area contributed by atoms with Crippen molar-refractivity contribution in [2.45, 2.75) is 18.9 Å². The molecule has 1 N–H and O–H groups in total. The number of carbonyl (C=O) groups is 1. The Morgan fingerprint density at radius 2 is 2.33 bits per heavy atom. The molecule has 5 rings (SSSR count). The minimum absolute atomic E-state index is 0.00327. The molecule has 1 amide bonds. The van der Waals surface area contributed by atoms with Crippen LogP contribution >= 0.6 is 11.3 Å². The summed E-state index contributed by atoms with van der Waals surface area (Å²) in [5.74, 6) is 0.806. The summed E-state index contributed by atoms with van der Waals surface area (Å²) in [7, 11) is 1.87. The van der Waals surface area contributed by atoms with Crippen molar-refractivity contribution in [1.82, 2.24) is 29.6 Å². The maximum absolute atomic E-state index is 12.3. The topological polar surface area (TPSA) is 96.1 Å². The number of hydrogen-bond acceptors (Lipinski definition) is 7. The van der Waals surface area contributed by atoms with Gasteiger partial charge < -0.3 is 19.4 Å². The fourth-order valence-electron chi connectivity index (χ4n) is 3.74. The molecule has 33 heavy (non-hydrogen) atoms. The number of thiophene rings is 1. The molecule has 0 spiro atoms. The lowest BCUT2D eigenvalue weighted by Gasteiger charge is -2.14. The van der Waals surface area contributed by atoms with Crippen LogP contribution in [0.1, 0.15) is 27.5 Å². The third kappa shape index (κ3) is 4.60. The van der Waals surface area contributed by atoms with Crippen LogP contribution in [-0.4, -0.2) is 62.8 Å². The van der Waals surface area contributed by atoms with Gasteiger partial charge in [-0.15, -0.1) is 11.3 Å². The molecule has 172 valence electrons. The zero-order valence-corrected chi connectivity index (χ0v) is 18.8. The Kier molecular flexibility index (Phi) is 6.05. The van der Waals surface area contributed by atoms with E-state index in [9.17, 15) is 9.18 Å². The first-order chi connectivity index (χ1) is 16.1. The molecule has 1 aliphatic rings. The molecule has 0 bridgehead atoms. The fourth-order valence-corrected chi connectivity index (χ4v) is 4.60. The number of ether oxygens (including phenoxy) is 2. The average molecular weight is 471 g/mol. The van der Waals surface area contributed by atoms with E-state index in [1.807, 2.05) is 30.1 Å². The van der Waals surface area contributed by atoms with Crippen molar-refractivity contribution >= 4 is 28.3 Å². The van der Waals surface area contributed by atoms with Crippen molar-refractivity contribution in [3.05, 3.63) is 52.4 Å². The van der Waals surface area contributed by atoms with Crippen LogP contribution < -0.4 is 10.1 Å². The highest BCUT2D eigenvalue weighted by atomic mass is 32.1. The van der Waals surface area contributed by atoms with Crippen LogP contribution in [0.3, 0.4) is 0 Å². The Hall–Kier alpha value is -3.31. The molecule has 1 fully saturated rings. The molecule has 0 aromatic carbocycles. The van der Waals surface area contributed by atoms with Gasteiger partial charge in [0.15, 0.2) is 0 Å². The Morgan fingerprint density at radius 3 is 3.09 bits per heavy atom. The zero-order chi connectivity index (χ0) is 22.8. The third-order valence-electron chi connectivity index (χ3n) is 5.31. The van der Waals surface area contributed by atoms with Gasteiger partial charge in [-0.25, -0.2) is 9.37 Å². The van der Waals surface area contributed by atoms with Crippen LogP contribution in [-0.2, 0) is 18.2 Å². The van der Waals surface area contributed by atoms with Crippen LogP contribution in [0, 0.1) is 0 Å². The van der Waals surface area contributed by atoms with E-state index in [4.69, 9.17) is 19.4 Å². The molecular formula is C22H23FN6O3S. The van der Waals surface area contributed by atoms with Crippen LogP contribution in [0.25, 0.3) is 16.7 Å². The summed E-state index contributed by atoms with van der Waals surface area (Å²) in [5, 5.41) is 8.56. The standard InChI is InChI=1S/C22H23FN6O3S/c1-28-11-15(10-25-28)29-6-2-18-20(29)22(32-16-3-7-31-12-16)27-19(26-18)9-17-8-14(13-33-17)21(30)24-5-4-23/h2,6,8,10-11,13,16H,3-5,7,9,12H2,1H3,(H,24,30)/t16-/m0/s1. The maximum Gasteiger partial charge on any atom is 0.252 e. The Labute approximate surface area is 193 Å². The highest BCUT2D eigenvalue weighted by Crippen LogP contribution is 2.29. The highest BCUT2D eigenvalue weighted by molar-refractivity contribution is 7.10. The molecule has 0 radical (unpaired) electrons. The van der Waals surface area contributed by atoms with Gasteiger partial charge in [0.1, 0.15) is 24.1 Å². The molecule has 5 heterocycles. The van der Waals surface area contributed by atoms with Crippen LogP contribution in [0.5, 0.6) is 5.88 Å². The van der Waals surface area contributed by atoms with Gasteiger partial charge in [0.2, 0.25) is 5.88 Å². The van der Waals surface area contributed by atoms with Gasteiger partial charge in [-0.2, -0.15) is 10.1 Å². The van der Waals surface area contributed by atoms with E-state index < -0.39 is 6.67 Å². The van der Waals surface area contributed by atoms with Gasteiger partial charge in [-0.05, 0) is 12.1 Å². The van der Waals surface area contributed by atoms with Crippen molar-refractivity contribution in [2.24, 2.45) is 7.05 Å². The molecule has 9 nitrogen and oxygen atoms in total. The molecule has 4 aromatic heterocycles. The number of halogens is 1. The number of aryl methyl sites for hydroxylation is 1. The van der Waals surface area contributed by atoms with Gasteiger partial charge in [0.25, 0.3) is 5.91 Å². The normalized spacial score (nSPS) is 15.9. The number of amides is 1. The fraction of sp³-hybridized carbons (Fsp3) is 0.364. The van der Waals surface area contributed by atoms with E-state index in [2.05, 4.69) is 10.4 Å². The number of nitrogens with zero attached hydrogens (tertiary/aromatic N) is 5. The maximum atomic E-state index is 12.3. The summed E-state index contributed by atoms with van der Waals surface area (Å²) < 4.78 is 27.8. The van der Waals surface area contributed by atoms with Crippen molar-refractivity contribution in [2.75, 3.05) is 26.4 Å². The second-order valence-corrected chi connectivity index (χ2v) is 8.76. The lowest BCUT2D eigenvalue weighted by atomic mass is 10.2. The first kappa shape index (κ1) is 21.5. The minimum Gasteiger partial charge on any atom is -0.470 e. The highest BCUT2D eigenvalue weighted by Gasteiger charge is 2.22. The van der Waals surface area contributed by atoms with Gasteiger partial charge in [-0.1, -0.05) is 0 Å². The molecule has 0 saturated carbocycles. The number of fused-ring (bicyclic) bond motifs is 1. The second-order valence-electron chi connectivity index (χ2n) is 7.76. The number of aromatic nitrogens is 5. The van der Waals surface area contributed by atoms with Gasteiger partial charge in [0, 0.05) is 49.1 Å². The summed E-state index contributed by atoms with van der Waals surface area (Å²) >= 11 is 1.44. The molecular weight excluding hydrogens is 447 g/mol. The van der Waals surface area contributed by atoms with E-state index in [0.29, 0.717) is 36.9 Å². The van der Waals surface area contributed by atoms with E-state index in [1.54, 1.807) is 22.3 Å². The van der Waals surface area contributed by atoms with E-state index in [1.165, 1.54) is 11.3 Å². The van der Waals surface area contributed by atoms with Crippen LogP contribution in [0.2, 0.25) is 0 Å². The van der Waals surface area contributed by atoms with E-state index >= 15 is 0 Å². The van der Waals surface area contributed by atoms with Gasteiger partial charge in [-0.3, -0.25) is 9.48 Å². The largest absolute Gasteiger partial charge is 0.470 e. The molecule has 11 heteroatoms. The molecule has 4 aromatic rings. The van der Waals surface area contributed by atoms with Crippen molar-refractivity contribution < 1.29 is 18.7 Å². The first-order valence-corrected chi connectivity index (χ1v) is 11.5. The quantitative estimate of drug-likeness (QED) is 0.425.